The highest BCUT2D eigenvalue weighted by Gasteiger charge is 2.29. The summed E-state index contributed by atoms with van der Waals surface area (Å²) < 4.78 is 0. The Morgan fingerprint density at radius 2 is 1.19 bits per heavy atom. The first-order valence-corrected chi connectivity index (χ1v) is 10.5. The molecule has 1 heterocycles. The number of amides is 3. The van der Waals surface area contributed by atoms with Crippen molar-refractivity contribution in [2.45, 2.75) is 89.5 Å². The van der Waals surface area contributed by atoms with Crippen LogP contribution in [-0.4, -0.2) is 41.8 Å². The lowest BCUT2D eigenvalue weighted by Crippen LogP contribution is -2.49. The van der Waals surface area contributed by atoms with E-state index in [2.05, 4.69) is 5.32 Å². The summed E-state index contributed by atoms with van der Waals surface area (Å²) in [5.41, 5.74) is 5.32. The van der Waals surface area contributed by atoms with Gasteiger partial charge in [-0.15, -0.1) is 0 Å². The quantitative estimate of drug-likeness (QED) is 0.736. The minimum absolute atomic E-state index is 0.106. The van der Waals surface area contributed by atoms with Crippen molar-refractivity contribution in [3.8, 4) is 0 Å². The van der Waals surface area contributed by atoms with Gasteiger partial charge in [-0.1, -0.05) is 57.8 Å². The van der Waals surface area contributed by atoms with Gasteiger partial charge < -0.3 is 16.0 Å². The van der Waals surface area contributed by atoms with Gasteiger partial charge in [0.25, 0.3) is 0 Å². The van der Waals surface area contributed by atoms with Crippen LogP contribution in [0.4, 0.5) is 0 Å². The Kier molecular flexibility index (Phi) is 8.92. The van der Waals surface area contributed by atoms with Crippen LogP contribution in [0.15, 0.2) is 0 Å². The zero-order chi connectivity index (χ0) is 18.8. The maximum atomic E-state index is 12.4. The van der Waals surface area contributed by atoms with E-state index in [0.717, 1.165) is 25.7 Å². The van der Waals surface area contributed by atoms with Crippen LogP contribution in [0.25, 0.3) is 0 Å². The van der Waals surface area contributed by atoms with Crippen LogP contribution in [-0.2, 0) is 14.4 Å². The molecule has 0 aromatic carbocycles. The predicted octanol–water partition coefficient (Wildman–Crippen LogP) is 2.50. The van der Waals surface area contributed by atoms with E-state index in [9.17, 15) is 14.4 Å². The van der Waals surface area contributed by atoms with Gasteiger partial charge in [0.05, 0.1) is 0 Å². The maximum Gasteiger partial charge on any atom is 0.311 e. The van der Waals surface area contributed by atoms with Gasteiger partial charge >= 0.3 is 11.8 Å². The number of hydrogen-bond acceptors (Lipinski definition) is 3. The number of carbonyl (C=O) groups excluding carboxylic acids is 3. The molecule has 2 fully saturated rings. The number of rotatable bonds is 2. The Morgan fingerprint density at radius 3 is 1.65 bits per heavy atom. The van der Waals surface area contributed by atoms with Crippen LogP contribution in [0.5, 0.6) is 0 Å². The third-order valence-corrected chi connectivity index (χ3v) is 5.82. The highest BCUT2D eigenvalue weighted by Crippen LogP contribution is 2.18. The highest BCUT2D eigenvalue weighted by atomic mass is 16.2. The molecule has 0 unspecified atom stereocenters. The molecular formula is C20H35N3O3. The van der Waals surface area contributed by atoms with Crippen LogP contribution in [0, 0.1) is 5.92 Å². The minimum Gasteiger partial charge on any atom is -0.369 e. The number of nitrogens with zero attached hydrogens (tertiary/aromatic N) is 1. The number of likely N-dealkylation sites (tertiary alicyclic amines) is 1. The van der Waals surface area contributed by atoms with E-state index in [1.54, 1.807) is 4.90 Å². The van der Waals surface area contributed by atoms with Crippen molar-refractivity contribution in [1.29, 1.82) is 0 Å². The number of piperidine rings is 1. The molecular weight excluding hydrogens is 330 g/mol. The monoisotopic (exact) mass is 365 g/mol. The molecule has 148 valence electrons. The predicted molar refractivity (Wildman–Crippen MR) is 101 cm³/mol. The molecule has 3 amide bonds. The van der Waals surface area contributed by atoms with Gasteiger partial charge in [-0.3, -0.25) is 14.4 Å². The Labute approximate surface area is 157 Å². The minimum atomic E-state index is -0.486. The Balaban J connectivity index is 1.79. The van der Waals surface area contributed by atoms with Gasteiger partial charge in [0.2, 0.25) is 5.91 Å². The van der Waals surface area contributed by atoms with Crippen LogP contribution in [0.3, 0.4) is 0 Å². The zero-order valence-corrected chi connectivity index (χ0v) is 16.0. The van der Waals surface area contributed by atoms with Gasteiger partial charge in [-0.2, -0.15) is 0 Å². The summed E-state index contributed by atoms with van der Waals surface area (Å²) in [6.45, 7) is 0.870. The van der Waals surface area contributed by atoms with Crippen molar-refractivity contribution >= 4 is 17.7 Å². The van der Waals surface area contributed by atoms with Crippen LogP contribution in [0.2, 0.25) is 0 Å². The highest BCUT2D eigenvalue weighted by molar-refractivity contribution is 6.35. The number of carbonyl (C=O) groups is 3. The van der Waals surface area contributed by atoms with E-state index in [-0.39, 0.29) is 17.9 Å². The van der Waals surface area contributed by atoms with Crippen molar-refractivity contribution in [2.75, 3.05) is 13.1 Å². The first-order valence-electron chi connectivity index (χ1n) is 10.5. The van der Waals surface area contributed by atoms with Gasteiger partial charge in [0, 0.05) is 25.0 Å². The second-order valence-electron chi connectivity index (χ2n) is 7.90. The molecule has 0 atom stereocenters. The molecule has 3 N–H and O–H groups in total. The van der Waals surface area contributed by atoms with E-state index < -0.39 is 11.8 Å². The molecule has 0 aromatic rings. The fourth-order valence-electron chi connectivity index (χ4n) is 4.07. The molecule has 0 spiro atoms. The molecule has 26 heavy (non-hydrogen) atoms. The molecule has 1 aliphatic carbocycles. The van der Waals surface area contributed by atoms with Crippen molar-refractivity contribution in [3.05, 3.63) is 0 Å². The summed E-state index contributed by atoms with van der Waals surface area (Å²) in [5.74, 6) is -1.43. The molecule has 0 radical (unpaired) electrons. The van der Waals surface area contributed by atoms with Crippen LogP contribution >= 0.6 is 0 Å². The van der Waals surface area contributed by atoms with Gasteiger partial charge in [-0.05, 0) is 25.7 Å². The molecule has 2 aliphatic rings. The first kappa shape index (κ1) is 20.7. The number of hydrogen-bond donors (Lipinski definition) is 2. The third kappa shape index (κ3) is 6.96. The van der Waals surface area contributed by atoms with E-state index in [0.29, 0.717) is 25.9 Å². The Hall–Kier alpha value is -1.59. The number of nitrogens with one attached hydrogen (secondary N) is 1. The first-order chi connectivity index (χ1) is 12.6. The number of primary amides is 1. The van der Waals surface area contributed by atoms with E-state index in [4.69, 9.17) is 5.73 Å². The Bertz CT molecular complexity index is 461. The smallest absolute Gasteiger partial charge is 0.311 e. The SMILES string of the molecule is NC(=O)C1CCN(C(=O)C(=O)NC2CCCCCCCCCCC2)CC1. The molecule has 1 saturated heterocycles. The molecule has 2 rings (SSSR count). The molecule has 0 bridgehead atoms. The second kappa shape index (κ2) is 11.2. The largest absolute Gasteiger partial charge is 0.369 e. The van der Waals surface area contributed by atoms with Crippen LogP contribution in [0.1, 0.15) is 83.5 Å². The summed E-state index contributed by atoms with van der Waals surface area (Å²) in [7, 11) is 0. The fourth-order valence-corrected chi connectivity index (χ4v) is 4.07. The van der Waals surface area contributed by atoms with Crippen molar-refractivity contribution in [3.63, 3.8) is 0 Å². The summed E-state index contributed by atoms with van der Waals surface area (Å²) in [4.78, 5) is 37.6. The summed E-state index contributed by atoms with van der Waals surface area (Å²) in [6, 6.07) is 0.106. The molecule has 1 aliphatic heterocycles. The lowest BCUT2D eigenvalue weighted by Gasteiger charge is -2.30. The van der Waals surface area contributed by atoms with Gasteiger partial charge in [-0.25, -0.2) is 0 Å². The summed E-state index contributed by atoms with van der Waals surface area (Å²) in [6.07, 6.45) is 14.2. The molecule has 0 aromatic heterocycles. The normalized spacial score (nSPS) is 22.1. The van der Waals surface area contributed by atoms with Crippen molar-refractivity contribution < 1.29 is 14.4 Å². The van der Waals surface area contributed by atoms with Crippen LogP contribution < -0.4 is 11.1 Å². The van der Waals surface area contributed by atoms with Crippen molar-refractivity contribution in [2.24, 2.45) is 11.7 Å². The molecule has 6 nitrogen and oxygen atoms in total. The topological polar surface area (TPSA) is 92.5 Å². The summed E-state index contributed by atoms with van der Waals surface area (Å²) >= 11 is 0. The average Bonchev–Trinajstić information content (AvgIpc) is 2.63. The second-order valence-corrected chi connectivity index (χ2v) is 7.90. The molecule has 1 saturated carbocycles. The fraction of sp³-hybridized carbons (Fsp3) is 0.850. The summed E-state index contributed by atoms with van der Waals surface area (Å²) in [5, 5.41) is 2.98. The van der Waals surface area contributed by atoms with E-state index in [1.807, 2.05) is 0 Å². The number of nitrogens with two attached hydrogens (primary N) is 1. The molecule has 6 heteroatoms. The maximum absolute atomic E-state index is 12.4. The van der Waals surface area contributed by atoms with Crippen molar-refractivity contribution in [1.82, 2.24) is 10.2 Å². The average molecular weight is 366 g/mol. The lowest BCUT2D eigenvalue weighted by molar-refractivity contribution is -0.147. The van der Waals surface area contributed by atoms with Gasteiger partial charge in [0.15, 0.2) is 0 Å². The van der Waals surface area contributed by atoms with Gasteiger partial charge in [0.1, 0.15) is 0 Å². The van der Waals surface area contributed by atoms with E-state index >= 15 is 0 Å². The van der Waals surface area contributed by atoms with E-state index in [1.165, 1.54) is 44.9 Å². The lowest BCUT2D eigenvalue weighted by atomic mass is 9.96. The standard InChI is InChI=1S/C20H35N3O3/c21-18(24)16-12-14-23(15-13-16)20(26)19(25)22-17-10-8-6-4-2-1-3-5-7-9-11-17/h16-17H,1-15H2,(H2,21,24)(H,22,25). The zero-order valence-electron chi connectivity index (χ0n) is 16.0. The Morgan fingerprint density at radius 1 is 0.731 bits per heavy atom. The third-order valence-electron chi connectivity index (χ3n) is 5.82.